The Morgan fingerprint density at radius 2 is 2.00 bits per heavy atom. The number of esters is 1. The van der Waals surface area contributed by atoms with Crippen molar-refractivity contribution in [1.82, 2.24) is 0 Å². The first-order valence-corrected chi connectivity index (χ1v) is 6.23. The molecule has 3 heteroatoms. The summed E-state index contributed by atoms with van der Waals surface area (Å²) < 4.78 is 5.01. The molecule has 0 spiro atoms. The van der Waals surface area contributed by atoms with Gasteiger partial charge < -0.3 is 9.84 Å². The molecule has 3 nitrogen and oxygen atoms in total. The van der Waals surface area contributed by atoms with Gasteiger partial charge in [0.05, 0.1) is 18.1 Å². The molecule has 0 aliphatic rings. The number of ether oxygens (including phenoxy) is 1. The van der Waals surface area contributed by atoms with Crippen LogP contribution in [-0.4, -0.2) is 17.7 Å². The fourth-order valence-electron chi connectivity index (χ4n) is 1.95. The molecule has 0 aliphatic heterocycles. The van der Waals surface area contributed by atoms with E-state index < -0.39 is 11.5 Å². The lowest BCUT2D eigenvalue weighted by atomic mass is 9.81. The number of rotatable bonds is 4. The lowest BCUT2D eigenvalue weighted by molar-refractivity contribution is -0.160. The standard InChI is InChI=1S/C15H22O3/c1-6-18-14(17)15(4,5)13(16)12-8-7-10(2)9-11(12)3/h7-9,13,16H,6H2,1-5H3. The smallest absolute Gasteiger partial charge is 0.314 e. The van der Waals surface area contributed by atoms with Crippen molar-refractivity contribution in [3.8, 4) is 0 Å². The largest absolute Gasteiger partial charge is 0.465 e. The fraction of sp³-hybridized carbons (Fsp3) is 0.533. The summed E-state index contributed by atoms with van der Waals surface area (Å²) in [7, 11) is 0. The van der Waals surface area contributed by atoms with Crippen LogP contribution in [0.2, 0.25) is 0 Å². The molecule has 0 saturated heterocycles. The second kappa shape index (κ2) is 5.53. The van der Waals surface area contributed by atoms with Crippen molar-refractivity contribution in [2.45, 2.75) is 40.7 Å². The average Bonchev–Trinajstić information content (AvgIpc) is 2.28. The van der Waals surface area contributed by atoms with E-state index in [4.69, 9.17) is 4.74 Å². The molecule has 0 saturated carbocycles. The van der Waals surface area contributed by atoms with E-state index in [-0.39, 0.29) is 5.97 Å². The van der Waals surface area contributed by atoms with Crippen LogP contribution in [0.3, 0.4) is 0 Å². The lowest BCUT2D eigenvalue weighted by Crippen LogP contribution is -2.33. The Morgan fingerprint density at radius 3 is 2.50 bits per heavy atom. The first kappa shape index (κ1) is 14.7. The van der Waals surface area contributed by atoms with E-state index in [1.807, 2.05) is 32.0 Å². The Labute approximate surface area is 109 Å². The van der Waals surface area contributed by atoms with Crippen molar-refractivity contribution >= 4 is 5.97 Å². The number of benzene rings is 1. The predicted octanol–water partition coefficient (Wildman–Crippen LogP) is 2.93. The summed E-state index contributed by atoms with van der Waals surface area (Å²) in [6.07, 6.45) is -0.864. The highest BCUT2D eigenvalue weighted by atomic mass is 16.5. The van der Waals surface area contributed by atoms with Gasteiger partial charge in [0.25, 0.3) is 0 Å². The average molecular weight is 250 g/mol. The maximum atomic E-state index is 11.9. The van der Waals surface area contributed by atoms with Crippen molar-refractivity contribution in [3.05, 3.63) is 34.9 Å². The number of carbonyl (C=O) groups is 1. The molecule has 1 rings (SSSR count). The molecular formula is C15H22O3. The van der Waals surface area contributed by atoms with Gasteiger partial charge in [0.15, 0.2) is 0 Å². The molecule has 0 fully saturated rings. The van der Waals surface area contributed by atoms with E-state index in [1.54, 1.807) is 20.8 Å². The summed E-state index contributed by atoms with van der Waals surface area (Å²) in [5.74, 6) is -0.377. The van der Waals surface area contributed by atoms with Crippen LogP contribution in [0.1, 0.15) is 43.6 Å². The molecule has 18 heavy (non-hydrogen) atoms. The third-order valence-corrected chi connectivity index (χ3v) is 3.21. The molecule has 0 radical (unpaired) electrons. The number of hydrogen-bond acceptors (Lipinski definition) is 3. The van der Waals surface area contributed by atoms with E-state index >= 15 is 0 Å². The van der Waals surface area contributed by atoms with Gasteiger partial charge in [0, 0.05) is 0 Å². The summed E-state index contributed by atoms with van der Waals surface area (Å²) in [4.78, 5) is 11.9. The third-order valence-electron chi connectivity index (χ3n) is 3.21. The minimum atomic E-state index is -0.948. The van der Waals surface area contributed by atoms with Crippen LogP contribution in [0.25, 0.3) is 0 Å². The van der Waals surface area contributed by atoms with Crippen molar-refractivity contribution in [2.75, 3.05) is 6.61 Å². The monoisotopic (exact) mass is 250 g/mol. The lowest BCUT2D eigenvalue weighted by Gasteiger charge is -2.29. The Morgan fingerprint density at radius 1 is 1.39 bits per heavy atom. The van der Waals surface area contributed by atoms with Crippen LogP contribution in [0.5, 0.6) is 0 Å². The third kappa shape index (κ3) is 2.91. The van der Waals surface area contributed by atoms with E-state index in [9.17, 15) is 9.90 Å². The maximum absolute atomic E-state index is 11.9. The number of aliphatic hydroxyl groups is 1. The molecule has 0 amide bonds. The summed E-state index contributed by atoms with van der Waals surface area (Å²) in [5.41, 5.74) is 1.95. The Balaban J connectivity index is 3.05. The fourth-order valence-corrected chi connectivity index (χ4v) is 1.95. The molecule has 100 valence electrons. The summed E-state index contributed by atoms with van der Waals surface area (Å²) in [6.45, 7) is 9.43. The van der Waals surface area contributed by atoms with Gasteiger partial charge in [0.2, 0.25) is 0 Å². The van der Waals surface area contributed by atoms with Crippen molar-refractivity contribution in [1.29, 1.82) is 0 Å². The first-order chi connectivity index (χ1) is 8.30. The second-order valence-corrected chi connectivity index (χ2v) is 5.20. The van der Waals surface area contributed by atoms with Crippen LogP contribution in [0.15, 0.2) is 18.2 Å². The highest BCUT2D eigenvalue weighted by Crippen LogP contribution is 2.36. The van der Waals surface area contributed by atoms with Crippen molar-refractivity contribution < 1.29 is 14.6 Å². The van der Waals surface area contributed by atoms with Crippen molar-refractivity contribution in [3.63, 3.8) is 0 Å². The molecule has 1 N–H and O–H groups in total. The van der Waals surface area contributed by atoms with Gasteiger partial charge in [-0.3, -0.25) is 4.79 Å². The number of carbonyl (C=O) groups excluding carboxylic acids is 1. The zero-order chi connectivity index (χ0) is 13.9. The van der Waals surface area contributed by atoms with Crippen LogP contribution in [0, 0.1) is 19.3 Å². The quantitative estimate of drug-likeness (QED) is 0.836. The molecule has 0 heterocycles. The normalized spacial score (nSPS) is 13.2. The van der Waals surface area contributed by atoms with E-state index in [0.29, 0.717) is 6.61 Å². The highest BCUT2D eigenvalue weighted by molar-refractivity contribution is 5.77. The molecule has 1 unspecified atom stereocenters. The van der Waals surface area contributed by atoms with Crippen LogP contribution in [-0.2, 0) is 9.53 Å². The predicted molar refractivity (Wildman–Crippen MR) is 71.3 cm³/mol. The minimum Gasteiger partial charge on any atom is -0.465 e. The number of aryl methyl sites for hydroxylation is 2. The van der Waals surface area contributed by atoms with E-state index in [0.717, 1.165) is 16.7 Å². The van der Waals surface area contributed by atoms with Gasteiger partial charge in [-0.1, -0.05) is 23.8 Å². The molecular weight excluding hydrogens is 228 g/mol. The van der Waals surface area contributed by atoms with Gasteiger partial charge in [-0.2, -0.15) is 0 Å². The molecule has 0 aromatic heterocycles. The summed E-state index contributed by atoms with van der Waals surface area (Å²) in [6, 6.07) is 5.81. The number of aliphatic hydroxyl groups excluding tert-OH is 1. The van der Waals surface area contributed by atoms with Gasteiger partial charge in [0.1, 0.15) is 0 Å². The number of hydrogen-bond donors (Lipinski definition) is 1. The Hall–Kier alpha value is -1.35. The zero-order valence-corrected chi connectivity index (χ0v) is 11.8. The molecule has 1 atom stereocenters. The molecule has 1 aromatic carbocycles. The zero-order valence-electron chi connectivity index (χ0n) is 11.8. The minimum absolute atomic E-state index is 0.321. The van der Waals surface area contributed by atoms with Gasteiger partial charge >= 0.3 is 5.97 Å². The Bertz CT molecular complexity index is 435. The Kier molecular flexibility index (Phi) is 4.52. The van der Waals surface area contributed by atoms with Gasteiger partial charge in [-0.05, 0) is 45.7 Å². The topological polar surface area (TPSA) is 46.5 Å². The van der Waals surface area contributed by atoms with Crippen molar-refractivity contribution in [2.24, 2.45) is 5.41 Å². The van der Waals surface area contributed by atoms with Gasteiger partial charge in [-0.15, -0.1) is 0 Å². The summed E-state index contributed by atoms with van der Waals surface area (Å²) >= 11 is 0. The highest BCUT2D eigenvalue weighted by Gasteiger charge is 2.38. The van der Waals surface area contributed by atoms with Crippen LogP contribution < -0.4 is 0 Å². The van der Waals surface area contributed by atoms with Gasteiger partial charge in [-0.25, -0.2) is 0 Å². The molecule has 1 aromatic rings. The van der Waals surface area contributed by atoms with Crippen LogP contribution >= 0.6 is 0 Å². The van der Waals surface area contributed by atoms with E-state index in [2.05, 4.69) is 0 Å². The first-order valence-electron chi connectivity index (χ1n) is 6.23. The summed E-state index contributed by atoms with van der Waals surface area (Å²) in [5, 5.41) is 10.4. The SMILES string of the molecule is CCOC(=O)C(C)(C)C(O)c1ccc(C)cc1C. The molecule has 0 bridgehead atoms. The molecule has 0 aliphatic carbocycles. The second-order valence-electron chi connectivity index (χ2n) is 5.20. The van der Waals surface area contributed by atoms with E-state index in [1.165, 1.54) is 0 Å². The maximum Gasteiger partial charge on any atom is 0.314 e. The van der Waals surface area contributed by atoms with Crippen LogP contribution in [0.4, 0.5) is 0 Å².